The lowest BCUT2D eigenvalue weighted by Gasteiger charge is -2.37. The van der Waals surface area contributed by atoms with Crippen LogP contribution in [0.1, 0.15) is 12.0 Å². The van der Waals surface area contributed by atoms with Crippen molar-refractivity contribution in [1.82, 2.24) is 14.8 Å². The highest BCUT2D eigenvalue weighted by Crippen LogP contribution is 2.40. The lowest BCUT2D eigenvalue weighted by molar-refractivity contribution is -0.141. The first kappa shape index (κ1) is 24.0. The molecule has 0 radical (unpaired) electrons. The van der Waals surface area contributed by atoms with Gasteiger partial charge in [0.2, 0.25) is 11.8 Å². The molecule has 0 aliphatic carbocycles. The van der Waals surface area contributed by atoms with Crippen LogP contribution >= 0.6 is 22.9 Å². The SMILES string of the molecule is CN1C(=O)C2C(CC(=O)Nc3nc(-c4cc(F)cc(C(F)(F)F)c4)cs3)=C(Cl)OC2N(C)C1=O. The van der Waals surface area contributed by atoms with Gasteiger partial charge in [-0.2, -0.15) is 13.2 Å². The number of aromatic nitrogens is 1. The average molecular weight is 519 g/mol. The molecule has 2 unspecified atom stereocenters. The molecule has 8 nitrogen and oxygen atoms in total. The van der Waals surface area contributed by atoms with Gasteiger partial charge in [0.25, 0.3) is 0 Å². The lowest BCUT2D eigenvalue weighted by atomic mass is 9.93. The van der Waals surface area contributed by atoms with Crippen LogP contribution in [0.2, 0.25) is 0 Å². The Morgan fingerprint density at radius 1 is 1.26 bits per heavy atom. The Hall–Kier alpha value is -3.19. The van der Waals surface area contributed by atoms with E-state index in [9.17, 15) is 31.9 Å². The monoisotopic (exact) mass is 518 g/mol. The third kappa shape index (κ3) is 4.32. The summed E-state index contributed by atoms with van der Waals surface area (Å²) in [6.45, 7) is 0. The van der Waals surface area contributed by atoms with Gasteiger partial charge in [-0.3, -0.25) is 19.4 Å². The fourth-order valence-corrected chi connectivity index (χ4v) is 4.66. The van der Waals surface area contributed by atoms with Crippen LogP contribution in [-0.4, -0.2) is 53.0 Å². The number of anilines is 1. The van der Waals surface area contributed by atoms with Crippen molar-refractivity contribution in [2.24, 2.45) is 5.92 Å². The number of hydrogen-bond donors (Lipinski definition) is 1. The molecule has 34 heavy (non-hydrogen) atoms. The predicted molar refractivity (Wildman–Crippen MR) is 113 cm³/mol. The number of hydrogen-bond acceptors (Lipinski definition) is 6. The van der Waals surface area contributed by atoms with E-state index in [1.165, 1.54) is 24.4 Å². The summed E-state index contributed by atoms with van der Waals surface area (Å²) < 4.78 is 58.0. The maximum absolute atomic E-state index is 13.7. The summed E-state index contributed by atoms with van der Waals surface area (Å²) >= 11 is 7.02. The lowest BCUT2D eigenvalue weighted by Crippen LogP contribution is -2.58. The molecule has 0 spiro atoms. The van der Waals surface area contributed by atoms with Gasteiger partial charge in [-0.05, 0) is 29.8 Å². The number of carbonyl (C=O) groups is 3. The molecule has 1 N–H and O–H groups in total. The smallest absolute Gasteiger partial charge is 0.416 e. The van der Waals surface area contributed by atoms with Gasteiger partial charge >= 0.3 is 12.2 Å². The summed E-state index contributed by atoms with van der Waals surface area (Å²) in [6.07, 6.45) is -6.07. The third-order valence-corrected chi connectivity index (χ3v) is 6.42. The van der Waals surface area contributed by atoms with Gasteiger partial charge in [-0.15, -0.1) is 11.3 Å². The van der Waals surface area contributed by atoms with Crippen LogP contribution in [0.4, 0.5) is 27.5 Å². The van der Waals surface area contributed by atoms with Crippen molar-refractivity contribution in [2.45, 2.75) is 18.8 Å². The number of benzene rings is 1. The van der Waals surface area contributed by atoms with Crippen molar-refractivity contribution in [3.8, 4) is 11.3 Å². The summed E-state index contributed by atoms with van der Waals surface area (Å²) in [5, 5.41) is 3.72. The molecule has 2 aliphatic heterocycles. The number of alkyl halides is 3. The topological polar surface area (TPSA) is 91.8 Å². The number of nitrogens with one attached hydrogen (secondary N) is 1. The third-order valence-electron chi connectivity index (χ3n) is 5.33. The van der Waals surface area contributed by atoms with E-state index in [0.717, 1.165) is 28.4 Å². The van der Waals surface area contributed by atoms with Crippen LogP contribution in [-0.2, 0) is 20.5 Å². The molecular weight excluding hydrogens is 504 g/mol. The molecule has 2 aliphatic rings. The first-order chi connectivity index (χ1) is 15.9. The zero-order valence-electron chi connectivity index (χ0n) is 17.4. The van der Waals surface area contributed by atoms with Gasteiger partial charge in [0, 0.05) is 30.6 Å². The second-order valence-corrected chi connectivity index (χ2v) is 8.77. The molecule has 1 aromatic heterocycles. The van der Waals surface area contributed by atoms with Gasteiger partial charge < -0.3 is 10.1 Å². The van der Waals surface area contributed by atoms with Gasteiger partial charge in [0.05, 0.1) is 17.7 Å². The largest absolute Gasteiger partial charge is 0.458 e. The van der Waals surface area contributed by atoms with Crippen molar-refractivity contribution in [3.05, 3.63) is 45.8 Å². The summed E-state index contributed by atoms with van der Waals surface area (Å²) in [7, 11) is 2.73. The van der Waals surface area contributed by atoms with Crippen molar-refractivity contribution in [2.75, 3.05) is 19.4 Å². The molecule has 1 fully saturated rings. The molecule has 0 bridgehead atoms. The van der Waals surface area contributed by atoms with E-state index in [4.69, 9.17) is 16.3 Å². The number of amides is 4. The molecule has 4 amide bonds. The number of fused-ring (bicyclic) bond motifs is 1. The number of nitrogens with zero attached hydrogens (tertiary/aromatic N) is 3. The Labute approximate surface area is 198 Å². The van der Waals surface area contributed by atoms with Crippen LogP contribution < -0.4 is 5.32 Å². The van der Waals surface area contributed by atoms with E-state index in [2.05, 4.69) is 10.3 Å². The van der Waals surface area contributed by atoms with E-state index >= 15 is 0 Å². The van der Waals surface area contributed by atoms with Crippen molar-refractivity contribution >= 4 is 45.9 Å². The van der Waals surface area contributed by atoms with Gasteiger partial charge in [0.1, 0.15) is 11.7 Å². The summed E-state index contributed by atoms with van der Waals surface area (Å²) in [5.41, 5.74) is -1.05. The van der Waals surface area contributed by atoms with Crippen LogP contribution in [0, 0.1) is 11.7 Å². The minimum Gasteiger partial charge on any atom is -0.458 e. The number of ether oxygens (including phenoxy) is 1. The highest BCUT2D eigenvalue weighted by Gasteiger charge is 2.51. The van der Waals surface area contributed by atoms with E-state index in [0.29, 0.717) is 6.07 Å². The number of thiazole rings is 1. The molecule has 3 heterocycles. The molecular formula is C20H15ClF4N4O4S. The van der Waals surface area contributed by atoms with E-state index in [1.54, 1.807) is 0 Å². The first-order valence-corrected chi connectivity index (χ1v) is 10.9. The molecule has 1 aromatic carbocycles. The van der Waals surface area contributed by atoms with E-state index in [-0.39, 0.29) is 33.6 Å². The van der Waals surface area contributed by atoms with Gasteiger partial charge in [-0.1, -0.05) is 0 Å². The maximum atomic E-state index is 13.7. The van der Waals surface area contributed by atoms with Crippen LogP contribution in [0.3, 0.4) is 0 Å². The van der Waals surface area contributed by atoms with Gasteiger partial charge in [-0.25, -0.2) is 14.2 Å². The normalized spacial score (nSPS) is 20.6. The molecule has 1 saturated heterocycles. The van der Waals surface area contributed by atoms with Crippen LogP contribution in [0.15, 0.2) is 34.4 Å². The molecule has 2 atom stereocenters. The predicted octanol–water partition coefficient (Wildman–Crippen LogP) is 4.24. The fraction of sp³-hybridized carbons (Fsp3) is 0.300. The van der Waals surface area contributed by atoms with Crippen LogP contribution in [0.25, 0.3) is 11.3 Å². The van der Waals surface area contributed by atoms with Gasteiger partial charge in [0.15, 0.2) is 16.6 Å². The van der Waals surface area contributed by atoms with E-state index < -0.39 is 47.5 Å². The summed E-state index contributed by atoms with van der Waals surface area (Å²) in [5.74, 6) is -3.24. The zero-order valence-corrected chi connectivity index (χ0v) is 19.0. The number of carbonyl (C=O) groups excluding carboxylic acids is 3. The second-order valence-electron chi connectivity index (χ2n) is 7.56. The second kappa shape index (κ2) is 8.55. The standard InChI is InChI=1S/C20H15ClF4N4O4S/c1-28-16(31)14-11(15(21)33-17(14)29(2)19(28)32)6-13(30)27-18-26-12(7-34-18)8-3-9(20(23,24)25)5-10(22)4-8/h3-5,7,14,17H,6H2,1-2H3,(H,26,27,30). The zero-order chi connectivity index (χ0) is 24.9. The Morgan fingerprint density at radius 2 is 1.97 bits per heavy atom. The molecule has 4 rings (SSSR count). The Morgan fingerprint density at radius 3 is 2.65 bits per heavy atom. The highest BCUT2D eigenvalue weighted by molar-refractivity contribution is 7.14. The molecule has 0 saturated carbocycles. The van der Waals surface area contributed by atoms with Crippen molar-refractivity contribution < 1.29 is 36.7 Å². The Balaban J connectivity index is 1.49. The first-order valence-electron chi connectivity index (χ1n) is 9.60. The summed E-state index contributed by atoms with van der Waals surface area (Å²) in [4.78, 5) is 43.4. The Kier molecular flexibility index (Phi) is 6.02. The maximum Gasteiger partial charge on any atom is 0.416 e. The molecule has 2 aromatic rings. The molecule has 180 valence electrons. The number of halogens is 5. The quantitative estimate of drug-likeness (QED) is 0.611. The van der Waals surface area contributed by atoms with Crippen molar-refractivity contribution in [3.63, 3.8) is 0 Å². The minimum absolute atomic E-state index is 0.0380. The summed E-state index contributed by atoms with van der Waals surface area (Å²) in [6, 6.07) is 1.46. The highest BCUT2D eigenvalue weighted by atomic mass is 35.5. The minimum atomic E-state index is -4.73. The number of imide groups is 1. The number of urea groups is 1. The Bertz CT molecular complexity index is 1230. The average Bonchev–Trinajstić information content (AvgIpc) is 3.34. The van der Waals surface area contributed by atoms with E-state index in [1.807, 2.05) is 0 Å². The molecule has 14 heteroatoms. The van der Waals surface area contributed by atoms with Crippen LogP contribution in [0.5, 0.6) is 0 Å². The van der Waals surface area contributed by atoms with Crippen molar-refractivity contribution in [1.29, 1.82) is 0 Å². The fourth-order valence-electron chi connectivity index (χ4n) is 3.65. The number of rotatable bonds is 4.